The molecule has 6 nitrogen and oxygen atoms in total. The van der Waals surface area contributed by atoms with Gasteiger partial charge in [-0.05, 0) is 41.5 Å². The molecule has 0 bridgehead atoms. The van der Waals surface area contributed by atoms with Gasteiger partial charge in [-0.15, -0.1) is 0 Å². The van der Waals surface area contributed by atoms with Crippen LogP contribution in [0.3, 0.4) is 0 Å². The van der Waals surface area contributed by atoms with Crippen LogP contribution in [0.5, 0.6) is 0 Å². The molecule has 2 heterocycles. The first-order valence-electron chi connectivity index (χ1n) is 9.23. The van der Waals surface area contributed by atoms with Gasteiger partial charge >= 0.3 is 5.97 Å². The Balaban J connectivity index is 1.63. The van der Waals surface area contributed by atoms with E-state index in [9.17, 15) is 9.90 Å². The number of aromatic nitrogens is 3. The maximum absolute atomic E-state index is 11.8. The molecule has 0 unspecified atom stereocenters. The molecule has 0 fully saturated rings. The first-order valence-corrected chi connectivity index (χ1v) is 9.23. The van der Waals surface area contributed by atoms with Crippen molar-refractivity contribution in [3.63, 3.8) is 0 Å². The molecule has 0 saturated heterocycles. The highest BCUT2D eigenvalue weighted by atomic mass is 16.5. The van der Waals surface area contributed by atoms with E-state index in [2.05, 4.69) is 40.5 Å². The number of hydrogen-bond donors (Lipinski definition) is 1. The number of rotatable bonds is 4. The lowest BCUT2D eigenvalue weighted by atomic mass is 10.1. The molecule has 29 heavy (non-hydrogen) atoms. The predicted molar refractivity (Wildman–Crippen MR) is 110 cm³/mol. The minimum absolute atomic E-state index is 0.272. The van der Waals surface area contributed by atoms with E-state index in [-0.39, 0.29) is 5.56 Å². The van der Waals surface area contributed by atoms with Gasteiger partial charge in [0.25, 0.3) is 5.89 Å². The molecule has 0 atom stereocenters. The third-order valence-corrected chi connectivity index (χ3v) is 5.05. The van der Waals surface area contributed by atoms with Gasteiger partial charge in [0, 0.05) is 29.2 Å². The Hall–Kier alpha value is -3.93. The van der Waals surface area contributed by atoms with Crippen molar-refractivity contribution in [3.8, 4) is 11.5 Å². The Labute approximate surface area is 166 Å². The molecule has 0 amide bonds. The van der Waals surface area contributed by atoms with E-state index in [4.69, 9.17) is 4.52 Å². The first kappa shape index (κ1) is 17.2. The summed E-state index contributed by atoms with van der Waals surface area (Å²) < 4.78 is 7.23. The molecule has 0 radical (unpaired) electrons. The van der Waals surface area contributed by atoms with Crippen molar-refractivity contribution in [1.29, 1.82) is 0 Å². The fourth-order valence-corrected chi connectivity index (χ4v) is 3.67. The minimum atomic E-state index is -0.950. The number of carboxylic acid groups (broad SMARTS) is 1. The highest BCUT2D eigenvalue weighted by Crippen LogP contribution is 2.28. The standard InChI is InChI=1S/C23H17N3O3/c1-14-24-22(29-25-14)18-8-9-19-20(23(27)28)13-26(21(19)11-18)12-15-6-7-16-4-2-3-5-17(16)10-15/h2-11,13H,12H2,1H3,(H,27,28). The highest BCUT2D eigenvalue weighted by molar-refractivity contribution is 6.04. The smallest absolute Gasteiger partial charge is 0.337 e. The predicted octanol–water partition coefficient (Wildman–Crippen LogP) is 4.90. The molecule has 0 spiro atoms. The first-order chi connectivity index (χ1) is 14.1. The lowest BCUT2D eigenvalue weighted by Crippen LogP contribution is -1.99. The maximum Gasteiger partial charge on any atom is 0.337 e. The normalized spacial score (nSPS) is 11.3. The number of fused-ring (bicyclic) bond motifs is 2. The summed E-state index contributed by atoms with van der Waals surface area (Å²) in [6, 6.07) is 20.0. The number of aryl methyl sites for hydroxylation is 1. The average molecular weight is 383 g/mol. The van der Waals surface area contributed by atoms with Gasteiger partial charge in [-0.3, -0.25) is 0 Å². The van der Waals surface area contributed by atoms with Crippen LogP contribution in [0.2, 0.25) is 0 Å². The number of benzene rings is 3. The largest absolute Gasteiger partial charge is 0.478 e. The summed E-state index contributed by atoms with van der Waals surface area (Å²) in [6.07, 6.45) is 1.69. The van der Waals surface area contributed by atoms with E-state index in [1.54, 1.807) is 19.2 Å². The molecular formula is C23H17N3O3. The lowest BCUT2D eigenvalue weighted by molar-refractivity contribution is 0.0699. The maximum atomic E-state index is 11.8. The second-order valence-corrected chi connectivity index (χ2v) is 7.04. The van der Waals surface area contributed by atoms with Crippen molar-refractivity contribution in [2.45, 2.75) is 13.5 Å². The summed E-state index contributed by atoms with van der Waals surface area (Å²) >= 11 is 0. The van der Waals surface area contributed by atoms with Crippen molar-refractivity contribution in [1.82, 2.24) is 14.7 Å². The van der Waals surface area contributed by atoms with Crippen LogP contribution in [0.4, 0.5) is 0 Å². The van der Waals surface area contributed by atoms with E-state index < -0.39 is 5.97 Å². The number of hydrogen-bond acceptors (Lipinski definition) is 4. The third kappa shape index (κ3) is 3.04. The molecule has 5 aromatic rings. The second kappa shape index (κ2) is 6.60. The Kier molecular flexibility index (Phi) is 3.91. The Morgan fingerprint density at radius 3 is 2.66 bits per heavy atom. The summed E-state index contributed by atoms with van der Waals surface area (Å²) in [5.74, 6) is 0.0197. The lowest BCUT2D eigenvalue weighted by Gasteiger charge is -2.08. The van der Waals surface area contributed by atoms with Gasteiger partial charge in [0.1, 0.15) is 0 Å². The van der Waals surface area contributed by atoms with Crippen LogP contribution in [0.25, 0.3) is 33.1 Å². The molecule has 142 valence electrons. The highest BCUT2D eigenvalue weighted by Gasteiger charge is 2.17. The van der Waals surface area contributed by atoms with Crippen LogP contribution < -0.4 is 0 Å². The van der Waals surface area contributed by atoms with Gasteiger partial charge in [0.2, 0.25) is 0 Å². The fraction of sp³-hybridized carbons (Fsp3) is 0.0870. The van der Waals surface area contributed by atoms with E-state index in [0.29, 0.717) is 23.6 Å². The van der Waals surface area contributed by atoms with Crippen LogP contribution in [0, 0.1) is 6.92 Å². The summed E-state index contributed by atoms with van der Waals surface area (Å²) in [7, 11) is 0. The molecule has 0 aliphatic rings. The quantitative estimate of drug-likeness (QED) is 0.477. The summed E-state index contributed by atoms with van der Waals surface area (Å²) in [5, 5.41) is 16.5. The van der Waals surface area contributed by atoms with E-state index in [1.807, 2.05) is 28.8 Å². The van der Waals surface area contributed by atoms with Gasteiger partial charge in [0.05, 0.1) is 5.56 Å². The number of aromatic carboxylic acids is 1. The Morgan fingerprint density at radius 2 is 1.90 bits per heavy atom. The zero-order chi connectivity index (χ0) is 20.0. The molecule has 2 aromatic heterocycles. The van der Waals surface area contributed by atoms with Crippen LogP contribution >= 0.6 is 0 Å². The van der Waals surface area contributed by atoms with E-state index >= 15 is 0 Å². The molecule has 1 N–H and O–H groups in total. The van der Waals surface area contributed by atoms with Crippen molar-refractivity contribution in [2.75, 3.05) is 0 Å². The van der Waals surface area contributed by atoms with Crippen LogP contribution in [-0.4, -0.2) is 25.8 Å². The van der Waals surface area contributed by atoms with Crippen molar-refractivity contribution in [3.05, 3.63) is 83.8 Å². The van der Waals surface area contributed by atoms with Crippen molar-refractivity contribution >= 4 is 27.6 Å². The average Bonchev–Trinajstić information content (AvgIpc) is 3.31. The SMILES string of the molecule is Cc1noc(-c2ccc3c(C(=O)O)cn(Cc4ccc5ccccc5c4)c3c2)n1. The van der Waals surface area contributed by atoms with Gasteiger partial charge < -0.3 is 14.2 Å². The van der Waals surface area contributed by atoms with Gasteiger partial charge in [-0.2, -0.15) is 4.98 Å². The van der Waals surface area contributed by atoms with E-state index in [0.717, 1.165) is 22.0 Å². The monoisotopic (exact) mass is 383 g/mol. The fourth-order valence-electron chi connectivity index (χ4n) is 3.67. The number of carbonyl (C=O) groups is 1. The summed E-state index contributed by atoms with van der Waals surface area (Å²) in [6.45, 7) is 2.32. The van der Waals surface area contributed by atoms with Gasteiger partial charge in [-0.25, -0.2) is 4.79 Å². The number of nitrogens with zero attached hydrogens (tertiary/aromatic N) is 3. The summed E-state index contributed by atoms with van der Waals surface area (Å²) in [5.41, 5.74) is 2.93. The van der Waals surface area contributed by atoms with Gasteiger partial charge in [0.15, 0.2) is 5.82 Å². The zero-order valence-electron chi connectivity index (χ0n) is 15.7. The molecule has 5 rings (SSSR count). The second-order valence-electron chi connectivity index (χ2n) is 7.04. The minimum Gasteiger partial charge on any atom is -0.478 e. The van der Waals surface area contributed by atoms with Crippen LogP contribution in [0.1, 0.15) is 21.7 Å². The zero-order valence-corrected chi connectivity index (χ0v) is 15.7. The molecule has 6 heteroatoms. The number of carboxylic acids is 1. The van der Waals surface area contributed by atoms with Crippen molar-refractivity contribution < 1.29 is 14.4 Å². The molecular weight excluding hydrogens is 366 g/mol. The summed E-state index contributed by atoms with van der Waals surface area (Å²) in [4.78, 5) is 16.0. The third-order valence-electron chi connectivity index (χ3n) is 5.05. The van der Waals surface area contributed by atoms with E-state index in [1.165, 1.54) is 5.39 Å². The van der Waals surface area contributed by atoms with Crippen molar-refractivity contribution in [2.24, 2.45) is 0 Å². The molecule has 3 aromatic carbocycles. The molecule has 0 saturated carbocycles. The Morgan fingerprint density at radius 1 is 1.07 bits per heavy atom. The van der Waals surface area contributed by atoms with Crippen LogP contribution in [0.15, 0.2) is 71.4 Å². The van der Waals surface area contributed by atoms with Gasteiger partial charge in [-0.1, -0.05) is 47.6 Å². The Bertz CT molecular complexity index is 1380. The molecule has 0 aliphatic heterocycles. The topological polar surface area (TPSA) is 81.1 Å². The van der Waals surface area contributed by atoms with Crippen LogP contribution in [-0.2, 0) is 6.54 Å². The molecule has 0 aliphatic carbocycles.